The Morgan fingerprint density at radius 3 is 2.55 bits per heavy atom. The lowest BCUT2D eigenvalue weighted by Gasteiger charge is -2.19. The van der Waals surface area contributed by atoms with Crippen molar-refractivity contribution >= 4 is 12.0 Å². The summed E-state index contributed by atoms with van der Waals surface area (Å²) >= 11 is 0. The van der Waals surface area contributed by atoms with E-state index < -0.39 is 23.4 Å². The molecule has 6 heteroatoms. The summed E-state index contributed by atoms with van der Waals surface area (Å²) in [6.07, 6.45) is -0.549. The van der Waals surface area contributed by atoms with E-state index in [0.29, 0.717) is 5.56 Å². The van der Waals surface area contributed by atoms with Crippen LogP contribution in [0.1, 0.15) is 26.3 Å². The zero-order valence-corrected chi connectivity index (χ0v) is 12.8. The Kier molecular flexibility index (Phi) is 6.39. The Morgan fingerprint density at radius 1 is 1.23 bits per heavy atom. The van der Waals surface area contributed by atoms with Gasteiger partial charge in [0.2, 0.25) is 0 Å². The van der Waals surface area contributed by atoms with Gasteiger partial charge in [-0.05, 0) is 39.0 Å². The average Bonchev–Trinajstić information content (AvgIpc) is 2.39. The molecule has 0 aromatic heterocycles. The predicted molar refractivity (Wildman–Crippen MR) is 80.5 cm³/mol. The highest BCUT2D eigenvalue weighted by atomic mass is 19.1. The number of ether oxygens (including phenoxy) is 1. The lowest BCUT2D eigenvalue weighted by Crippen LogP contribution is -2.37. The summed E-state index contributed by atoms with van der Waals surface area (Å²) in [5.74, 6) is 3.98. The Balaban J connectivity index is 2.29. The Labute approximate surface area is 129 Å². The van der Waals surface area contributed by atoms with Crippen LogP contribution in [0.5, 0.6) is 0 Å². The van der Waals surface area contributed by atoms with Gasteiger partial charge in [0.15, 0.2) is 0 Å². The summed E-state index contributed by atoms with van der Waals surface area (Å²) in [6, 6.07) is 5.66. The van der Waals surface area contributed by atoms with Crippen molar-refractivity contribution in [1.29, 1.82) is 0 Å². The third-order valence-corrected chi connectivity index (χ3v) is 2.22. The summed E-state index contributed by atoms with van der Waals surface area (Å²) in [4.78, 5) is 22.8. The molecule has 0 radical (unpaired) electrons. The van der Waals surface area contributed by atoms with Crippen molar-refractivity contribution in [3.05, 3.63) is 35.6 Å². The molecule has 0 fully saturated rings. The molecule has 0 bridgehead atoms. The van der Waals surface area contributed by atoms with Crippen LogP contribution in [0.4, 0.5) is 9.18 Å². The average molecular weight is 306 g/mol. The normalized spacial score (nSPS) is 10.2. The number of benzene rings is 1. The number of amides is 2. The van der Waals surface area contributed by atoms with Gasteiger partial charge in [0, 0.05) is 24.6 Å². The number of halogens is 1. The maximum atomic E-state index is 12.9. The van der Waals surface area contributed by atoms with Gasteiger partial charge in [-0.2, -0.15) is 0 Å². The summed E-state index contributed by atoms with van der Waals surface area (Å²) in [7, 11) is 0. The summed E-state index contributed by atoms with van der Waals surface area (Å²) in [5.41, 5.74) is -0.147. The molecular weight excluding hydrogens is 287 g/mol. The van der Waals surface area contributed by atoms with Crippen LogP contribution in [-0.2, 0) is 9.53 Å². The molecule has 5 nitrogen and oxygen atoms in total. The summed E-state index contributed by atoms with van der Waals surface area (Å²) in [5, 5.41) is 5.01. The molecule has 0 aliphatic carbocycles. The van der Waals surface area contributed by atoms with Crippen LogP contribution in [-0.4, -0.2) is 30.7 Å². The monoisotopic (exact) mass is 306 g/mol. The third-order valence-electron chi connectivity index (χ3n) is 2.22. The zero-order valence-electron chi connectivity index (χ0n) is 12.8. The Morgan fingerprint density at radius 2 is 1.91 bits per heavy atom. The van der Waals surface area contributed by atoms with Gasteiger partial charge in [-0.15, -0.1) is 0 Å². The second-order valence-corrected chi connectivity index (χ2v) is 5.44. The summed E-state index contributed by atoms with van der Waals surface area (Å²) in [6.45, 7) is 5.72. The zero-order chi connectivity index (χ0) is 16.6. The lowest BCUT2D eigenvalue weighted by molar-refractivity contribution is -0.115. The molecule has 1 aromatic rings. The van der Waals surface area contributed by atoms with Gasteiger partial charge in [0.05, 0.1) is 0 Å². The second-order valence-electron chi connectivity index (χ2n) is 5.44. The van der Waals surface area contributed by atoms with Crippen molar-refractivity contribution in [2.45, 2.75) is 26.4 Å². The maximum absolute atomic E-state index is 12.9. The van der Waals surface area contributed by atoms with E-state index >= 15 is 0 Å². The molecular formula is C16H19FN2O3. The Hall–Kier alpha value is -2.55. The molecule has 0 saturated heterocycles. The maximum Gasteiger partial charge on any atom is 0.407 e. The molecule has 0 aliphatic rings. The van der Waals surface area contributed by atoms with Gasteiger partial charge in [0.25, 0.3) is 5.91 Å². The lowest BCUT2D eigenvalue weighted by atomic mass is 10.2. The number of carbonyl (C=O) groups is 2. The van der Waals surface area contributed by atoms with Gasteiger partial charge in [0.1, 0.15) is 11.4 Å². The fraction of sp³-hybridized carbons (Fsp3) is 0.375. The van der Waals surface area contributed by atoms with Crippen LogP contribution >= 0.6 is 0 Å². The molecule has 1 rings (SSSR count). The van der Waals surface area contributed by atoms with E-state index in [1.807, 2.05) is 0 Å². The fourth-order valence-corrected chi connectivity index (χ4v) is 1.39. The molecule has 118 valence electrons. The van der Waals surface area contributed by atoms with E-state index in [4.69, 9.17) is 4.74 Å². The molecule has 22 heavy (non-hydrogen) atoms. The predicted octanol–water partition coefficient (Wildman–Crippen LogP) is 1.82. The van der Waals surface area contributed by atoms with Crippen LogP contribution < -0.4 is 10.6 Å². The first-order chi connectivity index (χ1) is 10.3. The van der Waals surface area contributed by atoms with Gasteiger partial charge in [-0.1, -0.05) is 12.0 Å². The van der Waals surface area contributed by atoms with Crippen molar-refractivity contribution in [1.82, 2.24) is 10.6 Å². The molecule has 0 atom stereocenters. The number of hydrogen-bond donors (Lipinski definition) is 2. The quantitative estimate of drug-likeness (QED) is 0.661. The standard InChI is InChI=1S/C16H19FN2O3/c1-16(2,3)22-15(21)19-10-9-18-14(20)8-7-12-5-4-6-13(17)11-12/h4-6,11H,9-10H2,1-3H3,(H,18,20)(H,19,21). The van der Waals surface area contributed by atoms with Crippen molar-refractivity contribution in [2.75, 3.05) is 13.1 Å². The highest BCUT2D eigenvalue weighted by molar-refractivity contribution is 5.94. The van der Waals surface area contributed by atoms with Crippen LogP contribution in [0, 0.1) is 17.7 Å². The molecule has 0 saturated carbocycles. The fourth-order valence-electron chi connectivity index (χ4n) is 1.39. The van der Waals surface area contributed by atoms with Crippen LogP contribution in [0.25, 0.3) is 0 Å². The number of alkyl carbamates (subject to hydrolysis) is 1. The van der Waals surface area contributed by atoms with Crippen LogP contribution in [0.3, 0.4) is 0 Å². The van der Waals surface area contributed by atoms with E-state index in [-0.39, 0.29) is 13.1 Å². The van der Waals surface area contributed by atoms with Crippen molar-refractivity contribution in [3.8, 4) is 11.8 Å². The van der Waals surface area contributed by atoms with E-state index in [2.05, 4.69) is 22.5 Å². The first-order valence-electron chi connectivity index (χ1n) is 6.78. The number of rotatable bonds is 3. The van der Waals surface area contributed by atoms with Crippen molar-refractivity contribution in [3.63, 3.8) is 0 Å². The molecule has 2 amide bonds. The smallest absolute Gasteiger partial charge is 0.407 e. The van der Waals surface area contributed by atoms with Crippen molar-refractivity contribution < 1.29 is 18.7 Å². The molecule has 1 aromatic carbocycles. The first kappa shape index (κ1) is 17.5. The van der Waals surface area contributed by atoms with Gasteiger partial charge in [-0.25, -0.2) is 9.18 Å². The van der Waals surface area contributed by atoms with Gasteiger partial charge in [-0.3, -0.25) is 4.79 Å². The first-order valence-corrected chi connectivity index (χ1v) is 6.78. The molecule has 0 heterocycles. The summed E-state index contributed by atoms with van der Waals surface area (Å²) < 4.78 is 17.9. The number of carbonyl (C=O) groups excluding carboxylic acids is 2. The minimum absolute atomic E-state index is 0.218. The van der Waals surface area contributed by atoms with Crippen molar-refractivity contribution in [2.24, 2.45) is 0 Å². The molecule has 2 N–H and O–H groups in total. The number of nitrogens with one attached hydrogen (secondary N) is 2. The highest BCUT2D eigenvalue weighted by Gasteiger charge is 2.15. The molecule has 0 aliphatic heterocycles. The largest absolute Gasteiger partial charge is 0.444 e. The van der Waals surface area contributed by atoms with E-state index in [0.717, 1.165) is 0 Å². The highest BCUT2D eigenvalue weighted by Crippen LogP contribution is 2.06. The third kappa shape index (κ3) is 7.90. The van der Waals surface area contributed by atoms with Gasteiger partial charge >= 0.3 is 6.09 Å². The number of hydrogen-bond acceptors (Lipinski definition) is 3. The van der Waals surface area contributed by atoms with Gasteiger partial charge < -0.3 is 15.4 Å². The molecule has 0 unspecified atom stereocenters. The molecule has 0 spiro atoms. The van der Waals surface area contributed by atoms with Crippen LogP contribution in [0.2, 0.25) is 0 Å². The van der Waals surface area contributed by atoms with E-state index in [1.54, 1.807) is 26.8 Å². The Bertz CT molecular complexity index is 597. The van der Waals surface area contributed by atoms with Crippen LogP contribution in [0.15, 0.2) is 24.3 Å². The minimum atomic E-state index is -0.566. The van der Waals surface area contributed by atoms with E-state index in [1.165, 1.54) is 18.2 Å². The second kappa shape index (κ2) is 8.03. The van der Waals surface area contributed by atoms with E-state index in [9.17, 15) is 14.0 Å². The topological polar surface area (TPSA) is 67.4 Å². The minimum Gasteiger partial charge on any atom is -0.444 e. The SMILES string of the molecule is CC(C)(C)OC(=O)NCCNC(=O)C#Cc1cccc(F)c1.